The summed E-state index contributed by atoms with van der Waals surface area (Å²) in [5.41, 5.74) is 0.905. The number of amides is 1. The summed E-state index contributed by atoms with van der Waals surface area (Å²) in [6.07, 6.45) is 0. The maximum Gasteiger partial charge on any atom is 0.235 e. The lowest BCUT2D eigenvalue weighted by molar-refractivity contribution is -0.118. The lowest BCUT2D eigenvalue weighted by Gasteiger charge is -2.07. The number of hydrogen-bond donors (Lipinski definition) is 1. The highest BCUT2D eigenvalue weighted by Gasteiger charge is 2.22. The van der Waals surface area contributed by atoms with E-state index in [1.807, 2.05) is 6.92 Å². The molecule has 0 aliphatic rings. The molecule has 0 radical (unpaired) electrons. The first-order chi connectivity index (χ1) is 10.2. The minimum absolute atomic E-state index is 0.0693. The Bertz CT molecular complexity index is 711. The van der Waals surface area contributed by atoms with Crippen LogP contribution in [0.1, 0.15) is 5.56 Å². The van der Waals surface area contributed by atoms with Gasteiger partial charge in [0.1, 0.15) is 5.75 Å². The van der Waals surface area contributed by atoms with Crippen LogP contribution >= 0.6 is 11.6 Å². The van der Waals surface area contributed by atoms with E-state index >= 15 is 0 Å². The highest BCUT2D eigenvalue weighted by molar-refractivity contribution is 7.95. The lowest BCUT2D eigenvalue weighted by atomic mass is 10.2. The van der Waals surface area contributed by atoms with Crippen LogP contribution in [0.4, 0.5) is 0 Å². The number of carbonyl (C=O) groups is 1. The fraction of sp³-hybridized carbons (Fsp3) is 0.462. The van der Waals surface area contributed by atoms with Crippen LogP contribution in [-0.2, 0) is 24.5 Å². The predicted molar refractivity (Wildman–Crippen MR) is 85.6 cm³/mol. The Morgan fingerprint density at radius 1 is 1.09 bits per heavy atom. The number of hydrogen-bond acceptors (Lipinski definition) is 5. The number of nitrogens with one attached hydrogen (secondary N) is 1. The Morgan fingerprint density at radius 2 is 1.68 bits per heavy atom. The first kappa shape index (κ1) is 18.9. The van der Waals surface area contributed by atoms with Gasteiger partial charge in [-0.15, -0.1) is 11.6 Å². The molecule has 22 heavy (non-hydrogen) atoms. The Labute approximate surface area is 135 Å². The minimum Gasteiger partial charge on any atom is -0.354 e. The molecule has 0 aromatic heterocycles. The summed E-state index contributed by atoms with van der Waals surface area (Å²) in [5.74, 6) is -2.41. The normalized spacial score (nSPS) is 12.1. The fourth-order valence-electron chi connectivity index (χ4n) is 1.61. The Morgan fingerprint density at radius 3 is 2.23 bits per heavy atom. The summed E-state index contributed by atoms with van der Waals surface area (Å²) in [7, 11) is -7.49. The van der Waals surface area contributed by atoms with Crippen molar-refractivity contribution in [1.29, 1.82) is 0 Å². The van der Waals surface area contributed by atoms with Crippen molar-refractivity contribution >= 4 is 37.2 Å². The minimum atomic E-state index is -3.79. The molecule has 124 valence electrons. The number of rotatable bonds is 8. The third-order valence-electron chi connectivity index (χ3n) is 2.81. The maximum atomic E-state index is 12.1. The molecule has 0 aliphatic heterocycles. The first-order valence-corrected chi connectivity index (χ1v) is 10.5. The zero-order chi connectivity index (χ0) is 16.8. The fourth-order valence-corrected chi connectivity index (χ4v) is 5.03. The van der Waals surface area contributed by atoms with Gasteiger partial charge in [0.05, 0.1) is 16.4 Å². The molecule has 1 N–H and O–H groups in total. The van der Waals surface area contributed by atoms with Gasteiger partial charge in [-0.3, -0.25) is 4.79 Å². The second-order valence-electron chi connectivity index (χ2n) is 4.76. The van der Waals surface area contributed by atoms with Crippen LogP contribution in [0.5, 0.6) is 0 Å². The molecule has 0 saturated heterocycles. The van der Waals surface area contributed by atoms with Crippen LogP contribution in [0.25, 0.3) is 0 Å². The van der Waals surface area contributed by atoms with Crippen molar-refractivity contribution in [2.24, 2.45) is 0 Å². The van der Waals surface area contributed by atoms with E-state index in [9.17, 15) is 21.6 Å². The van der Waals surface area contributed by atoms with Gasteiger partial charge in [-0.05, 0) is 19.1 Å². The van der Waals surface area contributed by atoms with E-state index in [-0.39, 0.29) is 17.3 Å². The third-order valence-corrected chi connectivity index (χ3v) is 6.52. The molecule has 1 rings (SSSR count). The van der Waals surface area contributed by atoms with E-state index in [0.29, 0.717) is 0 Å². The second kappa shape index (κ2) is 7.94. The third kappa shape index (κ3) is 6.33. The van der Waals surface area contributed by atoms with Crippen molar-refractivity contribution < 1.29 is 21.6 Å². The van der Waals surface area contributed by atoms with Crippen molar-refractivity contribution in [3.05, 3.63) is 29.8 Å². The van der Waals surface area contributed by atoms with Crippen LogP contribution < -0.4 is 5.32 Å². The van der Waals surface area contributed by atoms with Gasteiger partial charge in [-0.25, -0.2) is 16.8 Å². The molecule has 9 heteroatoms. The second-order valence-corrected chi connectivity index (χ2v) is 9.43. The molecular weight excluding hydrogens is 350 g/mol. The van der Waals surface area contributed by atoms with Gasteiger partial charge < -0.3 is 5.32 Å². The number of alkyl halides is 1. The SMILES string of the molecule is Cc1ccc(S(=O)(=O)CCS(=O)(=O)CC(=O)NCCCl)cc1. The standard InChI is InChI=1S/C13H18ClNO5S2/c1-11-2-4-12(5-3-11)22(19,20)9-8-21(17,18)10-13(16)15-7-6-14/h2-5H,6-10H2,1H3,(H,15,16). The molecule has 0 saturated carbocycles. The number of aryl methyl sites for hydroxylation is 1. The summed E-state index contributed by atoms with van der Waals surface area (Å²) in [6.45, 7) is 1.98. The molecule has 1 aromatic rings. The van der Waals surface area contributed by atoms with E-state index < -0.39 is 42.8 Å². The van der Waals surface area contributed by atoms with Gasteiger partial charge in [-0.1, -0.05) is 17.7 Å². The summed E-state index contributed by atoms with van der Waals surface area (Å²) in [5, 5.41) is 2.32. The molecular formula is C13H18ClNO5S2. The first-order valence-electron chi connectivity index (χ1n) is 6.49. The van der Waals surface area contributed by atoms with Gasteiger partial charge in [-0.2, -0.15) is 0 Å². The highest BCUT2D eigenvalue weighted by atomic mass is 35.5. The Hall–Kier alpha value is -1.12. The average molecular weight is 368 g/mol. The molecule has 0 bridgehead atoms. The Kier molecular flexibility index (Phi) is 6.83. The average Bonchev–Trinajstić information content (AvgIpc) is 2.43. The van der Waals surface area contributed by atoms with Gasteiger partial charge in [0.2, 0.25) is 5.91 Å². The largest absolute Gasteiger partial charge is 0.354 e. The van der Waals surface area contributed by atoms with Crippen LogP contribution in [-0.4, -0.2) is 52.4 Å². The van der Waals surface area contributed by atoms with E-state index in [1.165, 1.54) is 12.1 Å². The maximum absolute atomic E-state index is 12.1. The molecule has 6 nitrogen and oxygen atoms in total. The predicted octanol–water partition coefficient (Wildman–Crippen LogP) is 0.539. The monoisotopic (exact) mass is 367 g/mol. The summed E-state index contributed by atoms with van der Waals surface area (Å²) in [6, 6.07) is 6.15. The topological polar surface area (TPSA) is 97.4 Å². The Balaban J connectivity index is 2.67. The van der Waals surface area contributed by atoms with Crippen molar-refractivity contribution in [2.75, 3.05) is 29.7 Å². The van der Waals surface area contributed by atoms with E-state index in [2.05, 4.69) is 5.32 Å². The quantitative estimate of drug-likeness (QED) is 0.676. The van der Waals surface area contributed by atoms with E-state index in [4.69, 9.17) is 11.6 Å². The summed E-state index contributed by atoms with van der Waals surface area (Å²) >= 11 is 5.37. The number of carbonyl (C=O) groups excluding carboxylic acids is 1. The summed E-state index contributed by atoms with van der Waals surface area (Å²) in [4.78, 5) is 11.4. The van der Waals surface area contributed by atoms with Crippen LogP contribution in [0.15, 0.2) is 29.2 Å². The molecule has 0 aliphatic carbocycles. The van der Waals surface area contributed by atoms with E-state index in [1.54, 1.807) is 12.1 Å². The van der Waals surface area contributed by atoms with Crippen LogP contribution in [0, 0.1) is 6.92 Å². The van der Waals surface area contributed by atoms with Crippen LogP contribution in [0.3, 0.4) is 0 Å². The van der Waals surface area contributed by atoms with E-state index in [0.717, 1.165) is 5.56 Å². The van der Waals surface area contributed by atoms with Crippen molar-refractivity contribution in [2.45, 2.75) is 11.8 Å². The van der Waals surface area contributed by atoms with Crippen LogP contribution in [0.2, 0.25) is 0 Å². The van der Waals surface area contributed by atoms with Gasteiger partial charge in [0.15, 0.2) is 19.7 Å². The smallest absolute Gasteiger partial charge is 0.235 e. The highest BCUT2D eigenvalue weighted by Crippen LogP contribution is 2.12. The number of benzene rings is 1. The van der Waals surface area contributed by atoms with Crippen molar-refractivity contribution in [1.82, 2.24) is 5.32 Å². The molecule has 1 amide bonds. The van der Waals surface area contributed by atoms with Gasteiger partial charge in [0.25, 0.3) is 0 Å². The molecule has 0 unspecified atom stereocenters. The van der Waals surface area contributed by atoms with Gasteiger partial charge >= 0.3 is 0 Å². The zero-order valence-electron chi connectivity index (χ0n) is 12.1. The van der Waals surface area contributed by atoms with Gasteiger partial charge in [0, 0.05) is 12.4 Å². The number of halogens is 1. The summed E-state index contributed by atoms with van der Waals surface area (Å²) < 4.78 is 47.7. The molecule has 0 heterocycles. The number of sulfone groups is 2. The molecule has 0 fully saturated rings. The molecule has 0 atom stereocenters. The molecule has 0 spiro atoms. The zero-order valence-corrected chi connectivity index (χ0v) is 14.5. The van der Waals surface area contributed by atoms with Crippen molar-refractivity contribution in [3.8, 4) is 0 Å². The molecule has 1 aromatic carbocycles. The lowest BCUT2D eigenvalue weighted by Crippen LogP contribution is -2.33. The van der Waals surface area contributed by atoms with Crippen molar-refractivity contribution in [3.63, 3.8) is 0 Å².